The Labute approximate surface area is 164 Å². The van der Waals surface area contributed by atoms with E-state index in [1.54, 1.807) is 16.0 Å². The molecule has 3 heterocycles. The van der Waals surface area contributed by atoms with Gasteiger partial charge in [0.05, 0.1) is 5.69 Å². The average Bonchev–Trinajstić information content (AvgIpc) is 3.11. The molecule has 9 heteroatoms. The van der Waals surface area contributed by atoms with Gasteiger partial charge >= 0.3 is 6.03 Å². The Hall–Kier alpha value is -2.94. The van der Waals surface area contributed by atoms with E-state index in [9.17, 15) is 9.59 Å². The van der Waals surface area contributed by atoms with Gasteiger partial charge in [-0.25, -0.2) is 14.8 Å². The summed E-state index contributed by atoms with van der Waals surface area (Å²) in [7, 11) is 5.66. The fourth-order valence-electron chi connectivity index (χ4n) is 3.25. The lowest BCUT2D eigenvalue weighted by Crippen LogP contribution is -2.38. The summed E-state index contributed by atoms with van der Waals surface area (Å²) < 4.78 is 0. The van der Waals surface area contributed by atoms with E-state index in [1.165, 1.54) is 6.07 Å². The maximum Gasteiger partial charge on any atom is 0.323 e. The average molecular weight is 385 g/mol. The number of anilines is 2. The van der Waals surface area contributed by atoms with E-state index in [0.29, 0.717) is 37.1 Å². The van der Waals surface area contributed by atoms with Gasteiger partial charge in [0, 0.05) is 52.0 Å². The van der Waals surface area contributed by atoms with Gasteiger partial charge in [-0.3, -0.25) is 20.0 Å². The van der Waals surface area contributed by atoms with E-state index in [-0.39, 0.29) is 17.6 Å². The van der Waals surface area contributed by atoms with E-state index >= 15 is 0 Å². The number of aryl methyl sites for hydroxylation is 1. The van der Waals surface area contributed by atoms with Crippen LogP contribution in [0.5, 0.6) is 0 Å². The summed E-state index contributed by atoms with van der Waals surface area (Å²) >= 11 is 0. The molecule has 0 saturated carbocycles. The summed E-state index contributed by atoms with van der Waals surface area (Å²) in [6, 6.07) is 5.32. The largest absolute Gasteiger partial charge is 0.348 e. The summed E-state index contributed by atoms with van der Waals surface area (Å²) in [5.74, 6) is 1.10. The second kappa shape index (κ2) is 8.39. The molecular weight excluding hydrogens is 358 g/mol. The van der Waals surface area contributed by atoms with Crippen molar-refractivity contribution in [3.05, 3.63) is 46.0 Å². The Morgan fingerprint density at radius 1 is 1.36 bits per heavy atom. The first kappa shape index (κ1) is 19.8. The molecule has 2 aromatic rings. The van der Waals surface area contributed by atoms with Gasteiger partial charge in [0.1, 0.15) is 5.82 Å². The molecule has 0 aliphatic carbocycles. The lowest BCUT2D eigenvalue weighted by Gasteiger charge is -2.24. The molecule has 28 heavy (non-hydrogen) atoms. The minimum atomic E-state index is -0.166. The molecule has 1 aliphatic heterocycles. The minimum absolute atomic E-state index is 0.141. The quantitative estimate of drug-likeness (QED) is 0.805. The number of nitrogens with zero attached hydrogens (tertiary/aromatic N) is 5. The number of hydrogen-bond donors (Lipinski definition) is 2. The number of H-pyrrole nitrogens is 1. The third-order valence-electron chi connectivity index (χ3n) is 4.84. The molecule has 2 aromatic heterocycles. The molecule has 0 spiro atoms. The number of rotatable bonds is 5. The first-order valence-electron chi connectivity index (χ1n) is 9.28. The van der Waals surface area contributed by atoms with E-state index < -0.39 is 0 Å². The Kier molecular flexibility index (Phi) is 5.93. The Morgan fingerprint density at radius 3 is 2.86 bits per heavy atom. The molecule has 1 fully saturated rings. The highest BCUT2D eigenvalue weighted by molar-refractivity contribution is 5.88. The van der Waals surface area contributed by atoms with Crippen molar-refractivity contribution in [1.82, 2.24) is 24.8 Å². The van der Waals surface area contributed by atoms with Crippen LogP contribution in [-0.2, 0) is 6.54 Å². The second-order valence-electron chi connectivity index (χ2n) is 7.41. The van der Waals surface area contributed by atoms with Crippen molar-refractivity contribution < 1.29 is 4.79 Å². The number of carbonyl (C=O) groups excluding carboxylic acids is 1. The lowest BCUT2D eigenvalue weighted by molar-refractivity contribution is 0.207. The van der Waals surface area contributed by atoms with Crippen LogP contribution in [0.25, 0.3) is 0 Å². The highest BCUT2D eigenvalue weighted by Crippen LogP contribution is 2.18. The SMILES string of the molecule is Cc1ccnc(NC(=O)N2CC[C@@H](N(C)Cc3cc(=O)[nH]c(N(C)C)n3)C2)c1. The number of amides is 2. The van der Waals surface area contributed by atoms with Gasteiger partial charge in [-0.2, -0.15) is 0 Å². The van der Waals surface area contributed by atoms with E-state index in [1.807, 2.05) is 40.2 Å². The fourth-order valence-corrected chi connectivity index (χ4v) is 3.25. The molecule has 1 aliphatic rings. The lowest BCUT2D eigenvalue weighted by atomic mass is 10.2. The van der Waals surface area contributed by atoms with Gasteiger partial charge in [-0.1, -0.05) is 0 Å². The summed E-state index contributed by atoms with van der Waals surface area (Å²) in [6.45, 7) is 3.81. The van der Waals surface area contributed by atoms with Gasteiger partial charge in [0.2, 0.25) is 5.95 Å². The Morgan fingerprint density at radius 2 is 2.14 bits per heavy atom. The second-order valence-corrected chi connectivity index (χ2v) is 7.41. The van der Waals surface area contributed by atoms with Crippen molar-refractivity contribution in [2.24, 2.45) is 0 Å². The smallest absolute Gasteiger partial charge is 0.323 e. The maximum absolute atomic E-state index is 12.5. The van der Waals surface area contributed by atoms with Crippen molar-refractivity contribution in [2.75, 3.05) is 44.4 Å². The molecule has 150 valence electrons. The zero-order valence-corrected chi connectivity index (χ0v) is 16.8. The summed E-state index contributed by atoms with van der Waals surface area (Å²) in [5, 5.41) is 2.86. The van der Waals surface area contributed by atoms with Crippen LogP contribution in [0.4, 0.5) is 16.6 Å². The maximum atomic E-state index is 12.5. The molecule has 9 nitrogen and oxygen atoms in total. The van der Waals surface area contributed by atoms with Crippen LogP contribution in [-0.4, -0.2) is 71.1 Å². The predicted molar refractivity (Wildman–Crippen MR) is 109 cm³/mol. The molecule has 0 unspecified atom stereocenters. The Bertz CT molecular complexity index is 896. The molecule has 2 N–H and O–H groups in total. The number of likely N-dealkylation sites (tertiary alicyclic amines) is 1. The Balaban J connectivity index is 1.59. The van der Waals surface area contributed by atoms with Crippen LogP contribution in [0.2, 0.25) is 0 Å². The van der Waals surface area contributed by atoms with Gasteiger partial charge < -0.3 is 9.80 Å². The highest BCUT2D eigenvalue weighted by Gasteiger charge is 2.29. The molecule has 0 bridgehead atoms. The third-order valence-corrected chi connectivity index (χ3v) is 4.84. The number of hydrogen-bond acceptors (Lipinski definition) is 6. The van der Waals surface area contributed by atoms with Gasteiger partial charge in [0.25, 0.3) is 5.56 Å². The molecule has 2 amide bonds. The number of likely N-dealkylation sites (N-methyl/N-ethyl adjacent to an activating group) is 1. The van der Waals surface area contributed by atoms with E-state index in [0.717, 1.165) is 12.0 Å². The summed E-state index contributed by atoms with van der Waals surface area (Å²) in [5.41, 5.74) is 1.59. The molecule has 0 radical (unpaired) electrons. The van der Waals surface area contributed by atoms with Crippen LogP contribution in [0.1, 0.15) is 17.7 Å². The molecule has 0 aromatic carbocycles. The number of aromatic nitrogens is 3. The number of pyridine rings is 1. The van der Waals surface area contributed by atoms with Crippen molar-refractivity contribution in [3.63, 3.8) is 0 Å². The van der Waals surface area contributed by atoms with Crippen molar-refractivity contribution in [2.45, 2.75) is 25.9 Å². The van der Waals surface area contributed by atoms with Crippen LogP contribution in [0.15, 0.2) is 29.2 Å². The normalized spacial score (nSPS) is 16.5. The van der Waals surface area contributed by atoms with Gasteiger partial charge in [-0.05, 0) is 38.1 Å². The van der Waals surface area contributed by atoms with E-state index in [2.05, 4.69) is 25.2 Å². The summed E-state index contributed by atoms with van der Waals surface area (Å²) in [6.07, 6.45) is 2.55. The number of nitrogens with one attached hydrogen (secondary N) is 2. The van der Waals surface area contributed by atoms with Crippen molar-refractivity contribution >= 4 is 17.8 Å². The number of urea groups is 1. The zero-order valence-electron chi connectivity index (χ0n) is 16.8. The van der Waals surface area contributed by atoms with Crippen LogP contribution < -0.4 is 15.8 Å². The zero-order chi connectivity index (χ0) is 20.3. The topological polar surface area (TPSA) is 97.5 Å². The predicted octanol–water partition coefficient (Wildman–Crippen LogP) is 1.28. The molecule has 1 atom stereocenters. The molecular formula is C19H27N7O2. The monoisotopic (exact) mass is 385 g/mol. The molecule has 1 saturated heterocycles. The first-order chi connectivity index (χ1) is 13.3. The third kappa shape index (κ3) is 4.86. The number of aromatic amines is 1. The molecule has 3 rings (SSSR count). The number of carbonyl (C=O) groups is 1. The van der Waals surface area contributed by atoms with E-state index in [4.69, 9.17) is 0 Å². The standard InChI is InChI=1S/C19H27N7O2/c1-13-5-7-20-16(9-13)22-19(28)26-8-6-15(12-26)25(4)11-14-10-17(27)23-18(21-14)24(2)3/h5,7,9-10,15H,6,8,11-12H2,1-4H3,(H,20,22,28)(H,21,23,27)/t15-/m1/s1. The highest BCUT2D eigenvalue weighted by atomic mass is 16.2. The first-order valence-corrected chi connectivity index (χ1v) is 9.28. The van der Waals surface area contributed by atoms with Gasteiger partial charge in [-0.15, -0.1) is 0 Å². The summed E-state index contributed by atoms with van der Waals surface area (Å²) in [4.78, 5) is 41.4. The van der Waals surface area contributed by atoms with Crippen molar-refractivity contribution in [1.29, 1.82) is 0 Å². The van der Waals surface area contributed by atoms with Crippen LogP contribution in [0, 0.1) is 6.92 Å². The van der Waals surface area contributed by atoms with Crippen molar-refractivity contribution in [3.8, 4) is 0 Å². The minimum Gasteiger partial charge on any atom is -0.348 e. The van der Waals surface area contributed by atoms with Crippen LogP contribution in [0.3, 0.4) is 0 Å². The fraction of sp³-hybridized carbons (Fsp3) is 0.474. The van der Waals surface area contributed by atoms with Crippen LogP contribution >= 0.6 is 0 Å². The van der Waals surface area contributed by atoms with Gasteiger partial charge in [0.15, 0.2) is 0 Å².